The van der Waals surface area contributed by atoms with Crippen LogP contribution < -0.4 is 16.1 Å². The zero-order valence-corrected chi connectivity index (χ0v) is 30.8. The van der Waals surface area contributed by atoms with Crippen LogP contribution in [0.1, 0.15) is 70.7 Å². The molecule has 1 heterocycles. The summed E-state index contributed by atoms with van der Waals surface area (Å²) in [4.78, 5) is 59.4. The second-order valence-electron chi connectivity index (χ2n) is 14.4. The van der Waals surface area contributed by atoms with Gasteiger partial charge in [0, 0.05) is 43.6 Å². The van der Waals surface area contributed by atoms with E-state index in [1.807, 2.05) is 18.2 Å². The van der Waals surface area contributed by atoms with Crippen LogP contribution in [-0.2, 0) is 27.2 Å². The third-order valence-electron chi connectivity index (χ3n) is 7.73. The van der Waals surface area contributed by atoms with E-state index >= 15 is 0 Å². The number of hydrogen-bond donors (Lipinski definition) is 3. The Hall–Kier alpha value is -5.69. The van der Waals surface area contributed by atoms with Crippen LogP contribution in [0, 0.1) is 0 Å². The molecule has 1 aromatic heterocycles. The number of anilines is 2. The molecule has 3 aromatic carbocycles. The lowest BCUT2D eigenvalue weighted by Crippen LogP contribution is -2.56. The number of hydrazine groups is 1. The first-order valence-electron chi connectivity index (χ1n) is 17.0. The van der Waals surface area contributed by atoms with Crippen molar-refractivity contribution < 1.29 is 33.8 Å². The summed E-state index contributed by atoms with van der Waals surface area (Å²) in [5.74, 6) is -1.33. The first-order valence-corrected chi connectivity index (χ1v) is 17.0. The topological polar surface area (TPSA) is 168 Å². The van der Waals surface area contributed by atoms with E-state index in [1.165, 1.54) is 0 Å². The lowest BCUT2D eigenvalue weighted by atomic mass is 10.0. The number of hydrogen-bond acceptors (Lipinski definition) is 9. The number of amides is 4. The number of carboxylic acids is 1. The molecule has 1 unspecified atom stereocenters. The van der Waals surface area contributed by atoms with E-state index in [9.17, 15) is 24.3 Å². The zero-order chi connectivity index (χ0) is 38.2. The summed E-state index contributed by atoms with van der Waals surface area (Å²) in [6.07, 6.45) is 2.26. The van der Waals surface area contributed by atoms with Gasteiger partial charge in [0.15, 0.2) is 6.04 Å². The van der Waals surface area contributed by atoms with Crippen molar-refractivity contribution in [3.63, 3.8) is 0 Å². The van der Waals surface area contributed by atoms with Crippen molar-refractivity contribution >= 4 is 46.3 Å². The van der Waals surface area contributed by atoms with Crippen LogP contribution in [0.5, 0.6) is 0 Å². The molecule has 0 fully saturated rings. The smallest absolute Gasteiger partial charge is 0.439 e. The summed E-state index contributed by atoms with van der Waals surface area (Å²) >= 11 is 0. The van der Waals surface area contributed by atoms with Crippen LogP contribution in [0.2, 0.25) is 0 Å². The number of benzene rings is 3. The number of rotatable bonds is 11. The van der Waals surface area contributed by atoms with E-state index in [0.717, 1.165) is 21.5 Å². The van der Waals surface area contributed by atoms with Gasteiger partial charge in [-0.1, -0.05) is 42.5 Å². The molecule has 0 saturated carbocycles. The number of carboxylic acid groups (broad SMARTS) is 1. The molecule has 13 heteroatoms. The van der Waals surface area contributed by atoms with Gasteiger partial charge in [-0.2, -0.15) is 0 Å². The van der Waals surface area contributed by atoms with Crippen molar-refractivity contribution in [3.8, 4) is 0 Å². The summed E-state index contributed by atoms with van der Waals surface area (Å²) in [6, 6.07) is 19.2. The Bertz CT molecular complexity index is 1860. The third kappa shape index (κ3) is 10.7. The number of imide groups is 1. The Kier molecular flexibility index (Phi) is 12.4. The molecular formula is C39H48N6O7. The molecule has 0 aliphatic carbocycles. The van der Waals surface area contributed by atoms with Gasteiger partial charge in [-0.3, -0.25) is 9.99 Å². The van der Waals surface area contributed by atoms with Crippen LogP contribution in [0.4, 0.5) is 25.8 Å². The Morgan fingerprint density at radius 2 is 1.50 bits per heavy atom. The predicted octanol–water partition coefficient (Wildman–Crippen LogP) is 7.51. The van der Waals surface area contributed by atoms with Crippen molar-refractivity contribution in [1.29, 1.82) is 0 Å². The average molecular weight is 713 g/mol. The lowest BCUT2D eigenvalue weighted by Gasteiger charge is -2.39. The second kappa shape index (κ2) is 16.6. The highest BCUT2D eigenvalue weighted by molar-refractivity contribution is 5.94. The van der Waals surface area contributed by atoms with Gasteiger partial charge in [0.25, 0.3) is 0 Å². The highest BCUT2D eigenvalue weighted by atomic mass is 16.6. The van der Waals surface area contributed by atoms with E-state index in [2.05, 4.69) is 10.3 Å². The van der Waals surface area contributed by atoms with Crippen LogP contribution in [0.25, 0.3) is 10.8 Å². The van der Waals surface area contributed by atoms with Crippen LogP contribution in [0.3, 0.4) is 0 Å². The Morgan fingerprint density at radius 3 is 2.10 bits per heavy atom. The summed E-state index contributed by atoms with van der Waals surface area (Å²) < 4.78 is 11.3. The van der Waals surface area contributed by atoms with Crippen molar-refractivity contribution in [2.45, 2.75) is 78.2 Å². The number of carbonyl (C=O) groups excluding carboxylic acids is 3. The third-order valence-corrected chi connectivity index (χ3v) is 7.73. The highest BCUT2D eigenvalue weighted by Gasteiger charge is 2.42. The summed E-state index contributed by atoms with van der Waals surface area (Å²) in [5, 5.41) is 16.8. The van der Waals surface area contributed by atoms with Gasteiger partial charge in [0.2, 0.25) is 0 Å². The van der Waals surface area contributed by atoms with Gasteiger partial charge in [-0.15, -0.1) is 5.01 Å². The van der Waals surface area contributed by atoms with Gasteiger partial charge >= 0.3 is 24.2 Å². The molecule has 0 spiro atoms. The SMILES string of the molecule is CN(CCCc1ccc(C(C(=O)O)N(c2ccc3cnccc3c2)N(C(=O)OC(C)(C)C)C(=O)OC(C)(C)C)cc1)C(=O)Nc1cccc(CN)c1. The van der Waals surface area contributed by atoms with Gasteiger partial charge in [-0.25, -0.2) is 19.2 Å². The quantitative estimate of drug-likeness (QED) is 0.132. The maximum atomic E-state index is 13.9. The maximum absolute atomic E-state index is 13.9. The fraction of sp³-hybridized carbons (Fsp3) is 0.359. The lowest BCUT2D eigenvalue weighted by molar-refractivity contribution is -0.139. The maximum Gasteiger partial charge on any atom is 0.439 e. The summed E-state index contributed by atoms with van der Waals surface area (Å²) in [6.45, 7) is 10.7. The first kappa shape index (κ1) is 39.1. The Balaban J connectivity index is 1.63. The van der Waals surface area contributed by atoms with Gasteiger partial charge in [-0.05, 0) is 107 Å². The molecule has 4 N–H and O–H groups in total. The number of urea groups is 1. The highest BCUT2D eigenvalue weighted by Crippen LogP contribution is 2.34. The number of fused-ring (bicyclic) bond motifs is 1. The monoisotopic (exact) mass is 712 g/mol. The van der Waals surface area contributed by atoms with E-state index in [0.29, 0.717) is 47.6 Å². The number of ether oxygens (including phenoxy) is 2. The van der Waals surface area contributed by atoms with Crippen LogP contribution in [0.15, 0.2) is 85.2 Å². The molecule has 52 heavy (non-hydrogen) atoms. The molecule has 276 valence electrons. The van der Waals surface area contributed by atoms with Gasteiger partial charge in [0.1, 0.15) is 11.2 Å². The number of nitrogens with zero attached hydrogens (tertiary/aromatic N) is 4. The number of aliphatic carboxylic acids is 1. The predicted molar refractivity (Wildman–Crippen MR) is 200 cm³/mol. The van der Waals surface area contributed by atoms with Gasteiger partial charge < -0.3 is 30.5 Å². The summed E-state index contributed by atoms with van der Waals surface area (Å²) in [7, 11) is 1.71. The van der Waals surface area contributed by atoms with Crippen LogP contribution in [-0.4, -0.2) is 69.0 Å². The molecule has 1 atom stereocenters. The largest absolute Gasteiger partial charge is 0.479 e. The number of nitrogens with two attached hydrogens (primary N) is 1. The second-order valence-corrected chi connectivity index (χ2v) is 14.4. The molecule has 0 aliphatic rings. The standard InChI is InChI=1S/C39H48N6O7/c1-38(2,3)51-36(49)45(37(50)52-39(4,5)6)44(32-18-17-30-25-41-20-19-29(30)23-32)33(34(46)47)28-15-13-26(14-16-28)11-9-21-43(7)35(48)42-31-12-8-10-27(22-31)24-40/h8,10,12-20,22-23,25,33H,9,11,21,24,40H2,1-7H3,(H,42,48)(H,46,47). The molecule has 0 aliphatic heterocycles. The normalized spacial score (nSPS) is 12.1. The average Bonchev–Trinajstić information content (AvgIpc) is 3.06. The fourth-order valence-electron chi connectivity index (χ4n) is 5.33. The molecule has 4 amide bonds. The van der Waals surface area contributed by atoms with E-state index in [4.69, 9.17) is 15.2 Å². The molecule has 0 radical (unpaired) electrons. The zero-order valence-electron chi connectivity index (χ0n) is 30.8. The number of nitrogens with one attached hydrogen (secondary N) is 1. The van der Waals surface area contributed by atoms with Crippen molar-refractivity contribution in [2.24, 2.45) is 5.73 Å². The molecule has 4 aromatic rings. The molecule has 0 bridgehead atoms. The van der Waals surface area contributed by atoms with E-state index < -0.39 is 35.4 Å². The Labute approximate surface area is 304 Å². The number of aromatic nitrogens is 1. The number of carbonyl (C=O) groups is 4. The van der Waals surface area contributed by atoms with Gasteiger partial charge in [0.05, 0.1) is 5.69 Å². The fourth-order valence-corrected chi connectivity index (χ4v) is 5.33. The minimum atomic E-state index is -1.57. The number of aryl methyl sites for hydroxylation is 1. The van der Waals surface area contributed by atoms with E-state index in [1.54, 1.807) is 120 Å². The van der Waals surface area contributed by atoms with Crippen molar-refractivity contribution in [3.05, 3.63) is 102 Å². The first-order chi connectivity index (χ1) is 24.5. The minimum absolute atomic E-state index is 0.225. The number of pyridine rings is 1. The van der Waals surface area contributed by atoms with E-state index in [-0.39, 0.29) is 11.7 Å². The van der Waals surface area contributed by atoms with Crippen molar-refractivity contribution in [2.75, 3.05) is 23.9 Å². The molecular weight excluding hydrogens is 664 g/mol. The molecule has 13 nitrogen and oxygen atoms in total. The Morgan fingerprint density at radius 1 is 0.846 bits per heavy atom. The summed E-state index contributed by atoms with van der Waals surface area (Å²) in [5.41, 5.74) is 6.65. The minimum Gasteiger partial charge on any atom is -0.479 e. The van der Waals surface area contributed by atoms with Crippen molar-refractivity contribution in [1.82, 2.24) is 14.9 Å². The van der Waals surface area contributed by atoms with Crippen LogP contribution >= 0.6 is 0 Å². The molecule has 4 rings (SSSR count). The molecule has 0 saturated heterocycles.